The van der Waals surface area contributed by atoms with E-state index < -0.39 is 0 Å². The molecule has 0 saturated carbocycles. The highest BCUT2D eigenvalue weighted by atomic mass is 16.5. The SMILES string of the molecule is COCCn1c(CCN)nc2cc(C#Cc3ccccn3)ccc21. The van der Waals surface area contributed by atoms with Crippen molar-refractivity contribution in [2.45, 2.75) is 13.0 Å². The summed E-state index contributed by atoms with van der Waals surface area (Å²) >= 11 is 0. The Balaban J connectivity index is 1.95. The van der Waals surface area contributed by atoms with Crippen molar-refractivity contribution in [1.82, 2.24) is 14.5 Å². The fraction of sp³-hybridized carbons (Fsp3) is 0.263. The Kier molecular flexibility index (Phi) is 5.22. The van der Waals surface area contributed by atoms with Crippen LogP contribution in [0.4, 0.5) is 0 Å². The Morgan fingerprint density at radius 2 is 2.12 bits per heavy atom. The molecule has 0 unspecified atom stereocenters. The number of nitrogens with two attached hydrogens (primary N) is 1. The lowest BCUT2D eigenvalue weighted by atomic mass is 10.2. The summed E-state index contributed by atoms with van der Waals surface area (Å²) in [5.41, 5.74) is 9.40. The van der Waals surface area contributed by atoms with Crippen molar-refractivity contribution < 1.29 is 4.74 Å². The van der Waals surface area contributed by atoms with Crippen molar-refractivity contribution in [2.75, 3.05) is 20.3 Å². The number of nitrogens with zero attached hydrogens (tertiary/aromatic N) is 3. The lowest BCUT2D eigenvalue weighted by Crippen LogP contribution is -2.12. The normalized spacial score (nSPS) is 10.6. The molecule has 0 aliphatic rings. The maximum atomic E-state index is 5.71. The van der Waals surface area contributed by atoms with Crippen LogP contribution in [0, 0.1) is 11.8 Å². The smallest absolute Gasteiger partial charge is 0.113 e. The van der Waals surface area contributed by atoms with Crippen LogP contribution in [-0.2, 0) is 17.7 Å². The second kappa shape index (κ2) is 7.73. The molecule has 3 rings (SSSR count). The summed E-state index contributed by atoms with van der Waals surface area (Å²) in [5, 5.41) is 0. The first kappa shape index (κ1) is 16.2. The van der Waals surface area contributed by atoms with Crippen LogP contribution in [0.25, 0.3) is 11.0 Å². The second-order valence-electron chi connectivity index (χ2n) is 5.38. The summed E-state index contributed by atoms with van der Waals surface area (Å²) < 4.78 is 7.37. The molecule has 0 amide bonds. The average molecular weight is 320 g/mol. The number of imidazole rings is 1. The number of rotatable bonds is 5. The quantitative estimate of drug-likeness (QED) is 0.730. The predicted octanol–water partition coefficient (Wildman–Crippen LogP) is 1.98. The number of hydrogen-bond donors (Lipinski definition) is 1. The molecule has 1 aromatic carbocycles. The fourth-order valence-electron chi connectivity index (χ4n) is 2.58. The molecule has 2 aromatic heterocycles. The monoisotopic (exact) mass is 320 g/mol. The molecule has 122 valence electrons. The Hall–Kier alpha value is -2.68. The van der Waals surface area contributed by atoms with Gasteiger partial charge in [-0.2, -0.15) is 0 Å². The summed E-state index contributed by atoms with van der Waals surface area (Å²) in [6.45, 7) is 1.98. The van der Waals surface area contributed by atoms with Crippen LogP contribution in [0.1, 0.15) is 17.1 Å². The van der Waals surface area contributed by atoms with Gasteiger partial charge < -0.3 is 15.0 Å². The first-order valence-electron chi connectivity index (χ1n) is 7.93. The highest BCUT2D eigenvalue weighted by molar-refractivity contribution is 5.78. The molecule has 0 aliphatic carbocycles. The topological polar surface area (TPSA) is 66.0 Å². The van der Waals surface area contributed by atoms with E-state index >= 15 is 0 Å². The van der Waals surface area contributed by atoms with Crippen molar-refractivity contribution >= 4 is 11.0 Å². The van der Waals surface area contributed by atoms with Crippen molar-refractivity contribution in [2.24, 2.45) is 5.73 Å². The van der Waals surface area contributed by atoms with E-state index in [1.807, 2.05) is 30.3 Å². The number of pyridine rings is 1. The molecule has 0 fully saturated rings. The van der Waals surface area contributed by atoms with E-state index in [4.69, 9.17) is 15.5 Å². The maximum Gasteiger partial charge on any atom is 0.113 e. The van der Waals surface area contributed by atoms with Gasteiger partial charge in [0.1, 0.15) is 11.5 Å². The van der Waals surface area contributed by atoms with E-state index in [2.05, 4.69) is 27.5 Å². The van der Waals surface area contributed by atoms with E-state index in [1.54, 1.807) is 13.3 Å². The Labute approximate surface area is 141 Å². The molecule has 0 radical (unpaired) electrons. The minimum Gasteiger partial charge on any atom is -0.383 e. The highest BCUT2D eigenvalue weighted by Crippen LogP contribution is 2.18. The van der Waals surface area contributed by atoms with Crippen LogP contribution in [-0.4, -0.2) is 34.8 Å². The van der Waals surface area contributed by atoms with Crippen LogP contribution < -0.4 is 5.73 Å². The van der Waals surface area contributed by atoms with Crippen LogP contribution in [0.2, 0.25) is 0 Å². The predicted molar refractivity (Wildman–Crippen MR) is 94.6 cm³/mol. The van der Waals surface area contributed by atoms with E-state index in [-0.39, 0.29) is 0 Å². The van der Waals surface area contributed by atoms with Crippen molar-refractivity contribution in [1.29, 1.82) is 0 Å². The van der Waals surface area contributed by atoms with Crippen molar-refractivity contribution in [3.05, 3.63) is 59.7 Å². The van der Waals surface area contributed by atoms with Crippen molar-refractivity contribution in [3.63, 3.8) is 0 Å². The third kappa shape index (κ3) is 3.62. The number of fused-ring (bicyclic) bond motifs is 1. The Bertz CT molecular complexity index is 875. The molecule has 0 saturated heterocycles. The third-order valence-electron chi connectivity index (χ3n) is 3.71. The van der Waals surface area contributed by atoms with Crippen LogP contribution >= 0.6 is 0 Å². The number of benzene rings is 1. The summed E-state index contributed by atoms with van der Waals surface area (Å²) in [4.78, 5) is 8.93. The Morgan fingerprint density at radius 3 is 2.88 bits per heavy atom. The molecule has 24 heavy (non-hydrogen) atoms. The van der Waals surface area contributed by atoms with Crippen molar-refractivity contribution in [3.8, 4) is 11.8 Å². The molecule has 5 nitrogen and oxygen atoms in total. The van der Waals surface area contributed by atoms with Gasteiger partial charge in [-0.25, -0.2) is 9.97 Å². The molecule has 2 N–H and O–H groups in total. The van der Waals surface area contributed by atoms with Gasteiger partial charge >= 0.3 is 0 Å². The number of methoxy groups -OCH3 is 1. The number of aromatic nitrogens is 3. The standard InChI is InChI=1S/C19H20N4O/c1-24-13-12-23-18-8-6-15(5-7-16-4-2-3-11-21-16)14-17(18)22-19(23)9-10-20/h2-4,6,8,11,14H,9-10,12-13,20H2,1H3. The zero-order valence-corrected chi connectivity index (χ0v) is 13.7. The van der Waals surface area contributed by atoms with Gasteiger partial charge in [0.25, 0.3) is 0 Å². The lowest BCUT2D eigenvalue weighted by molar-refractivity contribution is 0.187. The molecule has 0 atom stereocenters. The molecule has 3 aromatic rings. The van der Waals surface area contributed by atoms with Crippen LogP contribution in [0.15, 0.2) is 42.6 Å². The molecule has 0 aliphatic heterocycles. The van der Waals surface area contributed by atoms with E-state index in [0.29, 0.717) is 13.2 Å². The van der Waals surface area contributed by atoms with E-state index in [9.17, 15) is 0 Å². The average Bonchev–Trinajstić information content (AvgIpc) is 2.96. The summed E-state index contributed by atoms with van der Waals surface area (Å²) in [7, 11) is 1.70. The van der Waals surface area contributed by atoms with Gasteiger partial charge in [-0.05, 0) is 42.8 Å². The van der Waals surface area contributed by atoms with Gasteiger partial charge in [0.15, 0.2) is 0 Å². The lowest BCUT2D eigenvalue weighted by Gasteiger charge is -2.07. The van der Waals surface area contributed by atoms with Gasteiger partial charge in [-0.15, -0.1) is 0 Å². The first-order valence-corrected chi connectivity index (χ1v) is 7.93. The molecular formula is C19H20N4O. The van der Waals surface area contributed by atoms with E-state index in [0.717, 1.165) is 41.1 Å². The van der Waals surface area contributed by atoms with Crippen LogP contribution in [0.5, 0.6) is 0 Å². The third-order valence-corrected chi connectivity index (χ3v) is 3.71. The first-order chi connectivity index (χ1) is 11.8. The minimum atomic E-state index is 0.572. The fourth-order valence-corrected chi connectivity index (χ4v) is 2.58. The zero-order valence-electron chi connectivity index (χ0n) is 13.7. The molecular weight excluding hydrogens is 300 g/mol. The summed E-state index contributed by atoms with van der Waals surface area (Å²) in [5.74, 6) is 7.20. The van der Waals surface area contributed by atoms with Crippen LogP contribution in [0.3, 0.4) is 0 Å². The minimum absolute atomic E-state index is 0.572. The summed E-state index contributed by atoms with van der Waals surface area (Å²) in [6.07, 6.45) is 2.48. The van der Waals surface area contributed by atoms with E-state index in [1.165, 1.54) is 0 Å². The molecule has 2 heterocycles. The van der Waals surface area contributed by atoms with Gasteiger partial charge in [-0.1, -0.05) is 12.0 Å². The zero-order chi connectivity index (χ0) is 16.8. The highest BCUT2D eigenvalue weighted by Gasteiger charge is 2.10. The van der Waals surface area contributed by atoms with Gasteiger partial charge in [-0.3, -0.25) is 0 Å². The second-order valence-corrected chi connectivity index (χ2v) is 5.38. The van der Waals surface area contributed by atoms with Gasteiger partial charge in [0, 0.05) is 31.8 Å². The largest absolute Gasteiger partial charge is 0.383 e. The summed E-state index contributed by atoms with van der Waals surface area (Å²) in [6, 6.07) is 11.8. The number of ether oxygens (including phenoxy) is 1. The van der Waals surface area contributed by atoms with Gasteiger partial charge in [0.05, 0.1) is 17.6 Å². The maximum absolute atomic E-state index is 5.71. The Morgan fingerprint density at radius 1 is 1.21 bits per heavy atom. The molecule has 0 spiro atoms. The number of hydrogen-bond acceptors (Lipinski definition) is 4. The molecule has 0 bridgehead atoms. The molecule has 5 heteroatoms. The van der Waals surface area contributed by atoms with Gasteiger partial charge in [0.2, 0.25) is 0 Å².